The van der Waals surface area contributed by atoms with Crippen LogP contribution in [0.4, 0.5) is 4.39 Å². The van der Waals surface area contributed by atoms with Crippen molar-refractivity contribution in [3.63, 3.8) is 0 Å². The molecule has 0 spiro atoms. The van der Waals surface area contributed by atoms with Gasteiger partial charge in [0.25, 0.3) is 0 Å². The molecule has 0 fully saturated rings. The van der Waals surface area contributed by atoms with Crippen LogP contribution in [0, 0.1) is 5.82 Å². The predicted octanol–water partition coefficient (Wildman–Crippen LogP) is 0.902. The van der Waals surface area contributed by atoms with Crippen LogP contribution in [0.25, 0.3) is 0 Å². The van der Waals surface area contributed by atoms with Crippen molar-refractivity contribution < 1.29 is 18.8 Å². The van der Waals surface area contributed by atoms with E-state index in [4.69, 9.17) is 15.3 Å². The van der Waals surface area contributed by atoms with E-state index < -0.39 is 11.7 Å². The van der Waals surface area contributed by atoms with Crippen LogP contribution in [0.15, 0.2) is 18.2 Å². The van der Waals surface area contributed by atoms with Gasteiger partial charge < -0.3 is 10.5 Å². The van der Waals surface area contributed by atoms with Gasteiger partial charge in [-0.3, -0.25) is 9.63 Å². The summed E-state index contributed by atoms with van der Waals surface area (Å²) in [7, 11) is 1.40. The summed E-state index contributed by atoms with van der Waals surface area (Å²) in [6.45, 7) is 1.53. The van der Waals surface area contributed by atoms with Gasteiger partial charge in [0, 0.05) is 0 Å². The molecule has 0 bridgehead atoms. The highest BCUT2D eigenvalue weighted by molar-refractivity contribution is 5.74. The van der Waals surface area contributed by atoms with Crippen LogP contribution in [0.3, 0.4) is 0 Å². The zero-order chi connectivity index (χ0) is 12.8. The number of carbonyl (C=O) groups excluding carboxylic acids is 1. The Morgan fingerprint density at radius 2 is 2.29 bits per heavy atom. The van der Waals surface area contributed by atoms with Crippen LogP contribution in [-0.2, 0) is 9.63 Å². The Kier molecular flexibility index (Phi) is 4.86. The first-order valence-corrected chi connectivity index (χ1v) is 5.03. The van der Waals surface area contributed by atoms with Gasteiger partial charge in [0.05, 0.1) is 13.2 Å². The topological polar surface area (TPSA) is 73.6 Å². The third kappa shape index (κ3) is 4.01. The summed E-state index contributed by atoms with van der Waals surface area (Å²) in [5.74, 6) is -0.849. The molecule has 0 aliphatic carbocycles. The molecule has 5 nitrogen and oxygen atoms in total. The number of hydroxylamine groups is 1. The Labute approximate surface area is 98.7 Å². The van der Waals surface area contributed by atoms with E-state index in [1.54, 1.807) is 13.0 Å². The van der Waals surface area contributed by atoms with Gasteiger partial charge in [0.1, 0.15) is 6.61 Å². The molecule has 94 valence electrons. The maximum atomic E-state index is 13.4. The maximum Gasteiger partial charge on any atom is 0.245 e. The Morgan fingerprint density at radius 3 is 2.82 bits per heavy atom. The lowest BCUT2D eigenvalue weighted by atomic mass is 10.1. The highest BCUT2D eigenvalue weighted by Gasteiger charge is 2.09. The molecule has 0 saturated carbocycles. The Morgan fingerprint density at radius 1 is 1.59 bits per heavy atom. The number of ether oxygens (including phenoxy) is 1. The Bertz CT molecular complexity index is 398. The van der Waals surface area contributed by atoms with Crippen LogP contribution in [0.1, 0.15) is 18.5 Å². The summed E-state index contributed by atoms with van der Waals surface area (Å²) < 4.78 is 18.2. The Balaban J connectivity index is 2.59. The lowest BCUT2D eigenvalue weighted by Crippen LogP contribution is -2.26. The number of nitrogens with one attached hydrogen (secondary N) is 1. The zero-order valence-corrected chi connectivity index (χ0v) is 9.70. The maximum absolute atomic E-state index is 13.4. The van der Waals surface area contributed by atoms with Gasteiger partial charge in [-0.05, 0) is 24.6 Å². The molecule has 0 radical (unpaired) electrons. The first-order valence-electron chi connectivity index (χ1n) is 5.03. The van der Waals surface area contributed by atoms with Crippen LogP contribution in [-0.4, -0.2) is 19.6 Å². The molecule has 1 amide bonds. The molecule has 0 aliphatic rings. The largest absolute Gasteiger partial charge is 0.494 e. The van der Waals surface area contributed by atoms with Crippen molar-refractivity contribution in [3.8, 4) is 5.75 Å². The number of methoxy groups -OCH3 is 1. The van der Waals surface area contributed by atoms with Crippen molar-refractivity contribution in [2.45, 2.75) is 13.0 Å². The number of primary amides is 1. The minimum Gasteiger partial charge on any atom is -0.494 e. The molecule has 0 heterocycles. The predicted molar refractivity (Wildman–Crippen MR) is 59.6 cm³/mol. The molecule has 0 aliphatic heterocycles. The van der Waals surface area contributed by atoms with Gasteiger partial charge >= 0.3 is 0 Å². The van der Waals surface area contributed by atoms with Crippen molar-refractivity contribution in [2.75, 3.05) is 13.7 Å². The molecule has 1 unspecified atom stereocenters. The second kappa shape index (κ2) is 6.17. The molecule has 1 aromatic rings. The molecule has 1 rings (SSSR count). The fourth-order valence-corrected chi connectivity index (χ4v) is 1.26. The van der Waals surface area contributed by atoms with Gasteiger partial charge in [0.15, 0.2) is 11.6 Å². The summed E-state index contributed by atoms with van der Waals surface area (Å²) >= 11 is 0. The summed E-state index contributed by atoms with van der Waals surface area (Å²) in [5.41, 5.74) is 8.16. The van der Waals surface area contributed by atoms with Crippen LogP contribution < -0.4 is 16.0 Å². The van der Waals surface area contributed by atoms with Crippen LogP contribution in [0.2, 0.25) is 0 Å². The first kappa shape index (κ1) is 13.4. The molecule has 6 heteroatoms. The number of halogens is 1. The zero-order valence-electron chi connectivity index (χ0n) is 9.70. The highest BCUT2D eigenvalue weighted by Crippen LogP contribution is 2.21. The third-order valence-corrected chi connectivity index (χ3v) is 2.15. The highest BCUT2D eigenvalue weighted by atomic mass is 19.1. The van der Waals surface area contributed by atoms with Crippen molar-refractivity contribution >= 4 is 5.91 Å². The summed E-state index contributed by atoms with van der Waals surface area (Å²) in [4.78, 5) is 15.3. The number of nitrogens with two attached hydrogens (primary N) is 1. The molecule has 0 aromatic heterocycles. The fraction of sp³-hybridized carbons (Fsp3) is 0.364. The van der Waals surface area contributed by atoms with Crippen molar-refractivity contribution in [1.82, 2.24) is 5.48 Å². The number of hydrogen-bond donors (Lipinski definition) is 2. The average Bonchev–Trinajstić information content (AvgIpc) is 2.28. The molecule has 0 saturated heterocycles. The van der Waals surface area contributed by atoms with E-state index in [-0.39, 0.29) is 18.4 Å². The SMILES string of the molecule is COc1ccc(C(C)NOCC(N)=O)cc1F. The number of carbonyl (C=O) groups is 1. The standard InChI is InChI=1S/C11H15FN2O3/c1-7(14-17-6-11(13)15)8-3-4-10(16-2)9(12)5-8/h3-5,7,14H,6H2,1-2H3,(H2,13,15). The smallest absolute Gasteiger partial charge is 0.245 e. The van der Waals surface area contributed by atoms with Crippen molar-refractivity contribution in [3.05, 3.63) is 29.6 Å². The molecule has 1 atom stereocenters. The van der Waals surface area contributed by atoms with Crippen LogP contribution in [0.5, 0.6) is 5.75 Å². The quantitative estimate of drug-likeness (QED) is 0.727. The average molecular weight is 242 g/mol. The number of hydrogen-bond acceptors (Lipinski definition) is 4. The van der Waals surface area contributed by atoms with Crippen LogP contribution >= 0.6 is 0 Å². The minimum atomic E-state index is -0.578. The van der Waals surface area contributed by atoms with Gasteiger partial charge in [-0.1, -0.05) is 6.07 Å². The Hall–Kier alpha value is -1.66. The van der Waals surface area contributed by atoms with Crippen molar-refractivity contribution in [2.24, 2.45) is 5.73 Å². The molecular formula is C11H15FN2O3. The first-order chi connectivity index (χ1) is 8.04. The van der Waals surface area contributed by atoms with E-state index in [1.165, 1.54) is 19.2 Å². The van der Waals surface area contributed by atoms with E-state index >= 15 is 0 Å². The summed E-state index contributed by atoms with van der Waals surface area (Å²) in [6.07, 6.45) is 0. The van der Waals surface area contributed by atoms with E-state index in [0.717, 1.165) is 0 Å². The molecule has 3 N–H and O–H groups in total. The minimum absolute atomic E-state index is 0.180. The third-order valence-electron chi connectivity index (χ3n) is 2.15. The van der Waals surface area contributed by atoms with E-state index in [0.29, 0.717) is 5.56 Å². The van der Waals surface area contributed by atoms with Gasteiger partial charge in [-0.25, -0.2) is 4.39 Å². The molecule has 17 heavy (non-hydrogen) atoms. The lowest BCUT2D eigenvalue weighted by molar-refractivity contribution is -0.126. The summed E-state index contributed by atoms with van der Waals surface area (Å²) in [6, 6.07) is 4.30. The lowest BCUT2D eigenvalue weighted by Gasteiger charge is -2.14. The normalized spacial score (nSPS) is 12.2. The second-order valence-corrected chi connectivity index (χ2v) is 3.49. The molecule has 1 aromatic carbocycles. The number of benzene rings is 1. The second-order valence-electron chi connectivity index (χ2n) is 3.49. The van der Waals surface area contributed by atoms with Gasteiger partial charge in [-0.2, -0.15) is 5.48 Å². The van der Waals surface area contributed by atoms with E-state index in [2.05, 4.69) is 5.48 Å². The monoisotopic (exact) mass is 242 g/mol. The molecular weight excluding hydrogens is 227 g/mol. The fourth-order valence-electron chi connectivity index (χ4n) is 1.26. The van der Waals surface area contributed by atoms with Gasteiger partial charge in [0.2, 0.25) is 5.91 Å². The number of amides is 1. The van der Waals surface area contributed by atoms with Gasteiger partial charge in [-0.15, -0.1) is 0 Å². The van der Waals surface area contributed by atoms with E-state index in [1.807, 2.05) is 0 Å². The van der Waals surface area contributed by atoms with Crippen molar-refractivity contribution in [1.29, 1.82) is 0 Å². The summed E-state index contributed by atoms with van der Waals surface area (Å²) in [5, 5.41) is 0. The number of rotatable bonds is 6. The van der Waals surface area contributed by atoms with E-state index in [9.17, 15) is 9.18 Å².